The number of aliphatic hydroxyl groups excluding tert-OH is 2. The van der Waals surface area contributed by atoms with Gasteiger partial charge in [0.15, 0.2) is 0 Å². The van der Waals surface area contributed by atoms with E-state index in [-0.39, 0.29) is 29.1 Å². The quantitative estimate of drug-likeness (QED) is 0.440. The Morgan fingerprint density at radius 2 is 1.95 bits per heavy atom. The lowest BCUT2D eigenvalue weighted by molar-refractivity contribution is -0.328. The van der Waals surface area contributed by atoms with Crippen LogP contribution in [0.4, 0.5) is 0 Å². The van der Waals surface area contributed by atoms with Crippen LogP contribution in [0.3, 0.4) is 0 Å². The minimum Gasteiger partial charge on any atom is -0.452 e. The Morgan fingerprint density at radius 1 is 1.18 bits per heavy atom. The van der Waals surface area contributed by atoms with E-state index in [9.17, 15) is 19.8 Å². The number of carbonyl (C=O) groups excluding carboxylic acids is 2. The van der Waals surface area contributed by atoms with Crippen molar-refractivity contribution in [2.45, 2.75) is 89.9 Å². The molecule has 3 N–H and O–H groups in total. The van der Waals surface area contributed by atoms with E-state index < -0.39 is 53.4 Å². The molecule has 7 rings (SSSR count). The van der Waals surface area contributed by atoms with Gasteiger partial charge in [0.25, 0.3) is 0 Å². The number of fused-ring (bicyclic) bond motifs is 3. The Hall–Kier alpha value is -2.60. The molecule has 6 fully saturated rings. The number of morpholine rings is 1. The summed E-state index contributed by atoms with van der Waals surface area (Å²) in [6.07, 6.45) is 3.57. The van der Waals surface area contributed by atoms with Crippen LogP contribution in [0.1, 0.15) is 70.2 Å². The van der Waals surface area contributed by atoms with Crippen LogP contribution in [-0.2, 0) is 19.0 Å². The van der Waals surface area contributed by atoms with Crippen LogP contribution in [0.5, 0.6) is 0 Å². The zero-order chi connectivity index (χ0) is 31.0. The largest absolute Gasteiger partial charge is 0.452 e. The maximum Gasteiger partial charge on any atom is 0.340 e. The van der Waals surface area contributed by atoms with Gasteiger partial charge in [-0.05, 0) is 49.7 Å². The molecule has 4 heterocycles. The molecule has 0 radical (unpaired) electrons. The Kier molecular flexibility index (Phi) is 7.34. The number of aliphatic hydroxyl groups is 2. The molecule has 0 aromatic carbocycles. The first-order valence-corrected chi connectivity index (χ1v) is 16.3. The topological polar surface area (TPSA) is 143 Å². The van der Waals surface area contributed by atoms with Gasteiger partial charge in [0.1, 0.15) is 12.3 Å². The molecule has 3 aliphatic heterocycles. The number of hydrazone groups is 1. The molecule has 6 aliphatic rings. The predicted octanol–water partition coefficient (Wildman–Crippen LogP) is 2.37. The third-order valence-corrected chi connectivity index (χ3v) is 12.5. The summed E-state index contributed by atoms with van der Waals surface area (Å²) < 4.78 is 19.4. The second kappa shape index (κ2) is 10.7. The van der Waals surface area contributed by atoms with Crippen molar-refractivity contribution in [3.63, 3.8) is 0 Å². The number of carbonyl (C=O) groups is 2. The second-order valence-electron chi connectivity index (χ2n) is 14.8. The van der Waals surface area contributed by atoms with E-state index >= 15 is 0 Å². The Balaban J connectivity index is 1.33. The van der Waals surface area contributed by atoms with Crippen LogP contribution in [0.2, 0.25) is 0 Å². The Morgan fingerprint density at radius 3 is 2.68 bits per heavy atom. The highest BCUT2D eigenvalue weighted by molar-refractivity contribution is 5.98. The molecular weight excluding hydrogens is 564 g/mol. The van der Waals surface area contributed by atoms with E-state index in [2.05, 4.69) is 38.0 Å². The fourth-order valence-corrected chi connectivity index (χ4v) is 9.99. The lowest BCUT2D eigenvalue weighted by atomic mass is 9.42. The van der Waals surface area contributed by atoms with Gasteiger partial charge in [-0.25, -0.2) is 4.79 Å². The van der Waals surface area contributed by atoms with Gasteiger partial charge in [0.05, 0.1) is 61.3 Å². The van der Waals surface area contributed by atoms with Crippen molar-refractivity contribution in [3.8, 4) is 0 Å². The number of rotatable bonds is 3. The maximum absolute atomic E-state index is 13.6. The average molecular weight is 611 g/mol. The summed E-state index contributed by atoms with van der Waals surface area (Å²) in [6.45, 7) is 11.5. The molecule has 3 saturated heterocycles. The molecule has 11 heteroatoms. The monoisotopic (exact) mass is 610 g/mol. The predicted molar refractivity (Wildman–Crippen MR) is 159 cm³/mol. The molecule has 11 unspecified atom stereocenters. The molecule has 44 heavy (non-hydrogen) atoms. The van der Waals surface area contributed by atoms with E-state index in [0.717, 1.165) is 18.6 Å². The van der Waals surface area contributed by atoms with Crippen LogP contribution >= 0.6 is 0 Å². The van der Waals surface area contributed by atoms with E-state index in [1.807, 2.05) is 5.01 Å². The average Bonchev–Trinajstić information content (AvgIpc) is 3.28. The number of esters is 1. The minimum absolute atomic E-state index is 0.0324. The van der Waals surface area contributed by atoms with Crippen molar-refractivity contribution in [1.29, 1.82) is 0 Å². The van der Waals surface area contributed by atoms with Crippen LogP contribution in [0.15, 0.2) is 29.6 Å². The summed E-state index contributed by atoms with van der Waals surface area (Å²) in [4.78, 5) is 30.6. The lowest BCUT2D eigenvalue weighted by Gasteiger charge is -2.70. The van der Waals surface area contributed by atoms with Gasteiger partial charge < -0.3 is 29.7 Å². The fraction of sp³-hybridized carbons (Fsp3) is 0.758. The van der Waals surface area contributed by atoms with Gasteiger partial charge in [-0.3, -0.25) is 14.8 Å². The highest BCUT2D eigenvalue weighted by Gasteiger charge is 2.72. The molecule has 1 amide bonds. The third kappa shape index (κ3) is 4.44. The van der Waals surface area contributed by atoms with Crippen LogP contribution in [0.25, 0.3) is 0 Å². The second-order valence-corrected chi connectivity index (χ2v) is 14.8. The van der Waals surface area contributed by atoms with Crippen LogP contribution in [0, 0.1) is 40.4 Å². The number of amides is 1. The zero-order valence-electron chi connectivity index (χ0n) is 26.1. The molecule has 240 valence electrons. The number of ether oxygens (including phenoxy) is 3. The lowest BCUT2D eigenvalue weighted by Crippen LogP contribution is -2.75. The molecule has 0 bridgehead atoms. The molecule has 1 aromatic heterocycles. The molecule has 11 atom stereocenters. The van der Waals surface area contributed by atoms with Crippen molar-refractivity contribution in [3.05, 3.63) is 30.1 Å². The van der Waals surface area contributed by atoms with Crippen molar-refractivity contribution in [2.24, 2.45) is 45.5 Å². The van der Waals surface area contributed by atoms with Crippen molar-refractivity contribution in [2.75, 3.05) is 26.3 Å². The highest BCUT2D eigenvalue weighted by atomic mass is 16.6. The number of pyridine rings is 1. The molecular formula is C33H46N4O7. The third-order valence-electron chi connectivity index (χ3n) is 12.5. The summed E-state index contributed by atoms with van der Waals surface area (Å²) in [5, 5.41) is 32.4. The summed E-state index contributed by atoms with van der Waals surface area (Å²) in [7, 11) is 0. The van der Waals surface area contributed by atoms with Gasteiger partial charge in [-0.2, -0.15) is 5.10 Å². The molecule has 3 saturated carbocycles. The number of aromatic nitrogens is 1. The van der Waals surface area contributed by atoms with Gasteiger partial charge in [0, 0.05) is 41.5 Å². The molecule has 11 nitrogen and oxygen atoms in total. The Bertz CT molecular complexity index is 1320. The summed E-state index contributed by atoms with van der Waals surface area (Å²) in [6, 6.07) is 3.42. The van der Waals surface area contributed by atoms with Gasteiger partial charge >= 0.3 is 5.97 Å². The smallest absolute Gasteiger partial charge is 0.340 e. The van der Waals surface area contributed by atoms with Crippen LogP contribution < -0.4 is 5.32 Å². The van der Waals surface area contributed by atoms with Gasteiger partial charge in [-0.1, -0.05) is 27.7 Å². The number of nitrogens with zero attached hydrogens (tertiary/aromatic N) is 3. The zero-order valence-corrected chi connectivity index (χ0v) is 26.1. The van der Waals surface area contributed by atoms with E-state index in [1.165, 1.54) is 6.20 Å². The first-order valence-electron chi connectivity index (χ1n) is 16.3. The normalized spacial score (nSPS) is 45.4. The van der Waals surface area contributed by atoms with E-state index in [0.29, 0.717) is 51.1 Å². The van der Waals surface area contributed by atoms with Crippen molar-refractivity contribution >= 4 is 17.6 Å². The Labute approximate surface area is 258 Å². The molecule has 1 aromatic rings. The van der Waals surface area contributed by atoms with Crippen molar-refractivity contribution in [1.82, 2.24) is 15.3 Å². The van der Waals surface area contributed by atoms with Gasteiger partial charge in [-0.15, -0.1) is 0 Å². The summed E-state index contributed by atoms with van der Waals surface area (Å²) in [5.74, 6) is -1.54. The number of hydrogen-bond donors (Lipinski definition) is 3. The highest BCUT2D eigenvalue weighted by Crippen LogP contribution is 2.68. The van der Waals surface area contributed by atoms with Crippen LogP contribution in [-0.4, -0.2) is 94.2 Å². The van der Waals surface area contributed by atoms with Crippen molar-refractivity contribution < 1.29 is 34.0 Å². The summed E-state index contributed by atoms with van der Waals surface area (Å²) in [5.41, 5.74) is -0.412. The standard InChI is InChI=1S/C33H46N4O7/c1-18-7-8-24-31(2,3)27(36-37-10-12-42-13-11-37)23(43-30(41)19-6-5-9-34-17-19)16-33(24)32(18,4)15-21-22(38)14-20-25(26(21)44-33)29(40)35-28(20)39/h5-6,9,17-18,20-26,29,38,40H,7-8,10-16H2,1-4H3,(H,35,39). The fourth-order valence-electron chi connectivity index (χ4n) is 9.99. The maximum atomic E-state index is 13.6. The summed E-state index contributed by atoms with van der Waals surface area (Å²) >= 11 is 0. The molecule has 1 spiro atoms. The van der Waals surface area contributed by atoms with E-state index in [1.54, 1.807) is 18.3 Å². The number of nitrogens with one attached hydrogen (secondary N) is 1. The number of hydrogen-bond acceptors (Lipinski definition) is 10. The first kappa shape index (κ1) is 30.1. The first-order chi connectivity index (χ1) is 21.0. The molecule has 3 aliphatic carbocycles. The minimum atomic E-state index is -1.03. The van der Waals surface area contributed by atoms with E-state index in [4.69, 9.17) is 19.3 Å². The SMILES string of the molecule is CC1CCC2C(C)(C)C(=NN3CCOCC3)C(OC(=O)c3cccnc3)CC23OC2C(CC13C)C(O)CC1C(=O)NC(O)C12. The van der Waals surface area contributed by atoms with Gasteiger partial charge in [0.2, 0.25) is 5.91 Å².